The third-order valence-corrected chi connectivity index (χ3v) is 3.65. The quantitative estimate of drug-likeness (QED) is 0.447. The molecular formula is C17H17ClN6O. The van der Waals surface area contributed by atoms with Crippen LogP contribution in [-0.2, 0) is 0 Å². The Morgan fingerprint density at radius 3 is 2.80 bits per heavy atom. The highest BCUT2D eigenvalue weighted by atomic mass is 35.5. The predicted octanol–water partition coefficient (Wildman–Crippen LogP) is 2.75. The molecule has 1 aromatic carbocycles. The van der Waals surface area contributed by atoms with E-state index in [0.29, 0.717) is 24.6 Å². The van der Waals surface area contributed by atoms with E-state index in [1.165, 1.54) is 0 Å². The van der Waals surface area contributed by atoms with Crippen molar-refractivity contribution in [3.05, 3.63) is 59.6 Å². The number of anilines is 1. The fourth-order valence-corrected chi connectivity index (χ4v) is 2.38. The molecule has 7 nitrogen and oxygen atoms in total. The maximum absolute atomic E-state index is 12.1. The Balaban J connectivity index is 1.43. The summed E-state index contributed by atoms with van der Waals surface area (Å²) in [7, 11) is 0. The average molecular weight is 357 g/mol. The van der Waals surface area contributed by atoms with Crippen molar-refractivity contribution < 1.29 is 4.79 Å². The number of hydrogen-bond donors (Lipinski definition) is 3. The highest BCUT2D eigenvalue weighted by Gasteiger charge is 2.10. The molecular weight excluding hydrogens is 340 g/mol. The fraction of sp³-hybridized carbons (Fsp3) is 0.176. The molecule has 3 rings (SSSR count). The lowest BCUT2D eigenvalue weighted by atomic mass is 10.1. The molecule has 2 aromatic heterocycles. The molecule has 0 fully saturated rings. The summed E-state index contributed by atoms with van der Waals surface area (Å²) in [5, 5.41) is 13.1. The van der Waals surface area contributed by atoms with Crippen LogP contribution in [0, 0.1) is 0 Å². The van der Waals surface area contributed by atoms with Crippen LogP contribution in [0.5, 0.6) is 0 Å². The molecule has 0 aliphatic rings. The van der Waals surface area contributed by atoms with E-state index in [1.54, 1.807) is 18.3 Å². The first kappa shape index (κ1) is 16.9. The van der Waals surface area contributed by atoms with Crippen LogP contribution in [-0.4, -0.2) is 39.2 Å². The van der Waals surface area contributed by atoms with Gasteiger partial charge in [0.2, 0.25) is 5.28 Å². The predicted molar refractivity (Wildman–Crippen MR) is 96.5 cm³/mol. The Kier molecular flexibility index (Phi) is 5.58. The highest BCUT2D eigenvalue weighted by Crippen LogP contribution is 2.16. The van der Waals surface area contributed by atoms with E-state index >= 15 is 0 Å². The number of aromatic amines is 1. The lowest BCUT2D eigenvalue weighted by Crippen LogP contribution is -2.26. The van der Waals surface area contributed by atoms with Crippen LogP contribution in [0.15, 0.2) is 48.7 Å². The Bertz CT molecular complexity index is 836. The number of carbonyl (C=O) groups excluding carboxylic acids is 1. The lowest BCUT2D eigenvalue weighted by molar-refractivity contribution is 0.0948. The van der Waals surface area contributed by atoms with Crippen molar-refractivity contribution in [1.29, 1.82) is 0 Å². The molecule has 0 saturated carbocycles. The number of hydrogen-bond acceptors (Lipinski definition) is 5. The second-order valence-corrected chi connectivity index (χ2v) is 5.62. The van der Waals surface area contributed by atoms with Gasteiger partial charge in [0, 0.05) is 19.3 Å². The van der Waals surface area contributed by atoms with Gasteiger partial charge in [-0.15, -0.1) is 0 Å². The van der Waals surface area contributed by atoms with Crippen molar-refractivity contribution in [3.63, 3.8) is 0 Å². The second-order valence-electron chi connectivity index (χ2n) is 5.28. The summed E-state index contributed by atoms with van der Waals surface area (Å²) < 4.78 is 0. The third kappa shape index (κ3) is 4.77. The van der Waals surface area contributed by atoms with Crippen LogP contribution in [0.2, 0.25) is 5.28 Å². The molecule has 0 unspecified atom stereocenters. The van der Waals surface area contributed by atoms with Gasteiger partial charge in [-0.3, -0.25) is 9.89 Å². The molecule has 0 spiro atoms. The summed E-state index contributed by atoms with van der Waals surface area (Å²) in [4.78, 5) is 20.0. The minimum absolute atomic E-state index is 0.200. The van der Waals surface area contributed by atoms with Gasteiger partial charge in [-0.2, -0.15) is 5.10 Å². The number of rotatable bonds is 7. The molecule has 3 N–H and O–H groups in total. The Hall–Kier alpha value is -2.93. The highest BCUT2D eigenvalue weighted by molar-refractivity contribution is 6.28. The number of halogens is 1. The van der Waals surface area contributed by atoms with Gasteiger partial charge in [-0.1, -0.05) is 30.3 Å². The van der Waals surface area contributed by atoms with Gasteiger partial charge in [0.15, 0.2) is 5.69 Å². The molecule has 1 amide bonds. The van der Waals surface area contributed by atoms with Crippen LogP contribution in [0.25, 0.3) is 11.3 Å². The minimum Gasteiger partial charge on any atom is -0.370 e. The number of amides is 1. The largest absolute Gasteiger partial charge is 0.370 e. The SMILES string of the molecule is O=C(NCCCNc1ccnc(Cl)n1)c1cc(-c2ccccc2)[nH]n1. The van der Waals surface area contributed by atoms with Gasteiger partial charge in [0.25, 0.3) is 5.91 Å². The van der Waals surface area contributed by atoms with E-state index < -0.39 is 0 Å². The van der Waals surface area contributed by atoms with Gasteiger partial charge in [0.1, 0.15) is 5.82 Å². The summed E-state index contributed by atoms with van der Waals surface area (Å²) >= 11 is 5.71. The molecule has 128 valence electrons. The second kappa shape index (κ2) is 8.25. The molecule has 2 heterocycles. The Morgan fingerprint density at radius 1 is 1.16 bits per heavy atom. The van der Waals surface area contributed by atoms with Crippen LogP contribution in [0.4, 0.5) is 5.82 Å². The normalized spacial score (nSPS) is 10.4. The first-order valence-electron chi connectivity index (χ1n) is 7.84. The van der Waals surface area contributed by atoms with Crippen LogP contribution < -0.4 is 10.6 Å². The van der Waals surface area contributed by atoms with E-state index in [-0.39, 0.29) is 11.2 Å². The minimum atomic E-state index is -0.205. The molecule has 25 heavy (non-hydrogen) atoms. The number of aromatic nitrogens is 4. The monoisotopic (exact) mass is 356 g/mol. The van der Waals surface area contributed by atoms with Crippen molar-refractivity contribution in [2.24, 2.45) is 0 Å². The van der Waals surface area contributed by atoms with Crippen molar-refractivity contribution in [2.45, 2.75) is 6.42 Å². The van der Waals surface area contributed by atoms with E-state index in [0.717, 1.165) is 17.7 Å². The molecule has 0 atom stereocenters. The zero-order valence-corrected chi connectivity index (χ0v) is 14.1. The number of H-pyrrole nitrogens is 1. The van der Waals surface area contributed by atoms with Gasteiger partial charge in [0.05, 0.1) is 5.69 Å². The van der Waals surface area contributed by atoms with Crippen molar-refractivity contribution in [3.8, 4) is 11.3 Å². The molecule has 3 aromatic rings. The van der Waals surface area contributed by atoms with Gasteiger partial charge in [-0.25, -0.2) is 9.97 Å². The summed E-state index contributed by atoms with van der Waals surface area (Å²) in [5.41, 5.74) is 2.17. The zero-order chi connectivity index (χ0) is 17.5. The number of nitrogens with zero attached hydrogens (tertiary/aromatic N) is 3. The van der Waals surface area contributed by atoms with E-state index in [9.17, 15) is 4.79 Å². The van der Waals surface area contributed by atoms with Crippen molar-refractivity contribution in [1.82, 2.24) is 25.5 Å². The summed E-state index contributed by atoms with van der Waals surface area (Å²) in [6.45, 7) is 1.18. The first-order valence-corrected chi connectivity index (χ1v) is 8.21. The fourth-order valence-electron chi connectivity index (χ4n) is 2.23. The van der Waals surface area contributed by atoms with Gasteiger partial charge in [-0.05, 0) is 35.7 Å². The smallest absolute Gasteiger partial charge is 0.271 e. The van der Waals surface area contributed by atoms with E-state index in [1.807, 2.05) is 30.3 Å². The van der Waals surface area contributed by atoms with E-state index in [4.69, 9.17) is 11.6 Å². The van der Waals surface area contributed by atoms with Crippen LogP contribution in [0.1, 0.15) is 16.9 Å². The molecule has 0 bridgehead atoms. The van der Waals surface area contributed by atoms with Crippen molar-refractivity contribution in [2.75, 3.05) is 18.4 Å². The number of nitrogens with one attached hydrogen (secondary N) is 3. The topological polar surface area (TPSA) is 95.6 Å². The first-order chi connectivity index (χ1) is 12.2. The zero-order valence-electron chi connectivity index (χ0n) is 13.4. The van der Waals surface area contributed by atoms with E-state index in [2.05, 4.69) is 30.8 Å². The average Bonchev–Trinajstić information content (AvgIpc) is 3.12. The summed E-state index contributed by atoms with van der Waals surface area (Å²) in [6, 6.07) is 13.2. The Morgan fingerprint density at radius 2 is 2.00 bits per heavy atom. The van der Waals surface area contributed by atoms with Crippen LogP contribution in [0.3, 0.4) is 0 Å². The van der Waals surface area contributed by atoms with Crippen molar-refractivity contribution >= 4 is 23.3 Å². The Labute approximate surface area is 149 Å². The molecule has 0 saturated heterocycles. The molecule has 0 aliphatic carbocycles. The number of carbonyl (C=O) groups is 1. The third-order valence-electron chi connectivity index (χ3n) is 3.47. The lowest BCUT2D eigenvalue weighted by Gasteiger charge is -2.06. The van der Waals surface area contributed by atoms with Crippen LogP contribution >= 0.6 is 11.6 Å². The van der Waals surface area contributed by atoms with Gasteiger partial charge >= 0.3 is 0 Å². The maximum atomic E-state index is 12.1. The summed E-state index contributed by atoms with van der Waals surface area (Å²) in [5.74, 6) is 0.453. The van der Waals surface area contributed by atoms with Gasteiger partial charge < -0.3 is 10.6 Å². The molecule has 0 aliphatic heterocycles. The standard InChI is InChI=1S/C17H17ClN6O/c18-17-21-10-7-15(22-17)19-8-4-9-20-16(25)14-11-13(23-24-14)12-5-2-1-3-6-12/h1-3,5-7,10-11H,4,8-9H2,(H,20,25)(H,23,24)(H,19,21,22). The maximum Gasteiger partial charge on any atom is 0.271 e. The number of benzene rings is 1. The summed E-state index contributed by atoms with van der Waals surface area (Å²) in [6.07, 6.45) is 2.32. The molecule has 0 radical (unpaired) electrons. The molecule has 8 heteroatoms.